The number of piperazine rings is 1. The number of ether oxygens (including phenoxy) is 3. The molecule has 0 N–H and O–H groups in total. The molecule has 4 aromatic heterocycles. The first-order valence-electron chi connectivity index (χ1n) is 16.4. The Balaban J connectivity index is 0.984. The second-order valence-corrected chi connectivity index (χ2v) is 12.7. The van der Waals surface area contributed by atoms with Crippen LogP contribution in [0.25, 0.3) is 16.6 Å². The number of nitriles is 1. The van der Waals surface area contributed by atoms with E-state index in [1.54, 1.807) is 17.8 Å². The molecule has 46 heavy (non-hydrogen) atoms. The molecule has 0 aromatic carbocycles. The fourth-order valence-corrected chi connectivity index (χ4v) is 7.08. The van der Waals surface area contributed by atoms with E-state index in [9.17, 15) is 5.26 Å². The molecule has 240 valence electrons. The van der Waals surface area contributed by atoms with Gasteiger partial charge in [-0.2, -0.15) is 10.4 Å². The summed E-state index contributed by atoms with van der Waals surface area (Å²) >= 11 is 0. The Kier molecular flexibility index (Phi) is 9.01. The van der Waals surface area contributed by atoms with Crippen LogP contribution >= 0.6 is 0 Å². The molecule has 1 spiro atoms. The van der Waals surface area contributed by atoms with Gasteiger partial charge in [-0.1, -0.05) is 6.07 Å². The maximum Gasteiger partial charge on any atom is 0.212 e. The van der Waals surface area contributed by atoms with Crippen LogP contribution in [0.15, 0.2) is 55.1 Å². The monoisotopic (exact) mass is 622 g/mol. The molecule has 7 heterocycles. The van der Waals surface area contributed by atoms with Crippen LogP contribution in [-0.4, -0.2) is 102 Å². The standard InChI is InChI=1S/C35H42N8O3/c1-44-33-5-2-27(22-38-33)25-41-12-14-42(15-13-41)32-4-3-28(23-37-32)31-20-30(26-43-34(31)29(21-36)24-39-43)46-19-16-40-10-6-35(7-11-40)8-17-45-18-9-35/h2-5,20,22-24,26H,6-19,25H2,1H3. The molecule has 3 aliphatic rings. The van der Waals surface area contributed by atoms with Gasteiger partial charge in [0.15, 0.2) is 0 Å². The molecule has 11 heteroatoms. The van der Waals surface area contributed by atoms with Crippen LogP contribution in [-0.2, 0) is 11.3 Å². The SMILES string of the molecule is COc1ccc(CN2CCN(c3ccc(-c4cc(OCCN5CCC6(CCOCC6)CC5)cn5ncc(C#N)c45)cn3)CC2)cn1. The summed E-state index contributed by atoms with van der Waals surface area (Å²) < 4.78 is 18.8. The van der Waals surface area contributed by atoms with Crippen LogP contribution < -0.4 is 14.4 Å². The van der Waals surface area contributed by atoms with Gasteiger partial charge < -0.3 is 19.1 Å². The lowest BCUT2D eigenvalue weighted by Gasteiger charge is -2.44. The number of likely N-dealkylation sites (tertiary alicyclic amines) is 1. The second-order valence-electron chi connectivity index (χ2n) is 12.7. The molecule has 0 bridgehead atoms. The number of nitrogens with zero attached hydrogens (tertiary/aromatic N) is 8. The molecule has 0 amide bonds. The number of methoxy groups -OCH3 is 1. The van der Waals surface area contributed by atoms with Gasteiger partial charge in [-0.25, -0.2) is 14.5 Å². The number of aromatic nitrogens is 4. The van der Waals surface area contributed by atoms with Crippen molar-refractivity contribution >= 4 is 11.3 Å². The molecular formula is C35H42N8O3. The minimum atomic E-state index is 0.488. The Hall–Kier alpha value is -4.24. The van der Waals surface area contributed by atoms with Gasteiger partial charge in [0.05, 0.1) is 30.6 Å². The van der Waals surface area contributed by atoms with Crippen LogP contribution in [0.3, 0.4) is 0 Å². The largest absolute Gasteiger partial charge is 0.491 e. The Bertz CT molecular complexity index is 1640. The minimum absolute atomic E-state index is 0.488. The number of hydrogen-bond donors (Lipinski definition) is 0. The van der Waals surface area contributed by atoms with Gasteiger partial charge in [0.25, 0.3) is 0 Å². The zero-order valence-corrected chi connectivity index (χ0v) is 26.6. The highest BCUT2D eigenvalue weighted by atomic mass is 16.5. The summed E-state index contributed by atoms with van der Waals surface area (Å²) in [5.41, 5.74) is 4.79. The van der Waals surface area contributed by atoms with Crippen molar-refractivity contribution in [2.24, 2.45) is 5.41 Å². The second kappa shape index (κ2) is 13.6. The Morgan fingerprint density at radius 2 is 1.74 bits per heavy atom. The normalized spacial score (nSPS) is 18.9. The van der Waals surface area contributed by atoms with Crippen molar-refractivity contribution in [3.05, 3.63) is 66.2 Å². The highest BCUT2D eigenvalue weighted by molar-refractivity contribution is 5.85. The number of pyridine rings is 3. The summed E-state index contributed by atoms with van der Waals surface area (Å²) in [6.07, 6.45) is 12.2. The van der Waals surface area contributed by atoms with Crippen LogP contribution in [0.5, 0.6) is 11.6 Å². The van der Waals surface area contributed by atoms with Gasteiger partial charge in [0.1, 0.15) is 24.2 Å². The van der Waals surface area contributed by atoms with Gasteiger partial charge in [-0.3, -0.25) is 9.80 Å². The van der Waals surface area contributed by atoms with E-state index in [1.807, 2.05) is 30.7 Å². The number of hydrogen-bond acceptors (Lipinski definition) is 10. The summed E-state index contributed by atoms with van der Waals surface area (Å²) in [6.45, 7) is 10.1. The topological polar surface area (TPSA) is 104 Å². The third-order valence-electron chi connectivity index (χ3n) is 10.0. The number of rotatable bonds is 9. The van der Waals surface area contributed by atoms with Gasteiger partial charge in [0.2, 0.25) is 5.88 Å². The van der Waals surface area contributed by atoms with E-state index in [1.165, 1.54) is 31.2 Å². The Labute approximate surface area is 270 Å². The van der Waals surface area contributed by atoms with Gasteiger partial charge >= 0.3 is 0 Å². The van der Waals surface area contributed by atoms with E-state index in [2.05, 4.69) is 49.1 Å². The maximum atomic E-state index is 9.81. The predicted molar refractivity (Wildman–Crippen MR) is 175 cm³/mol. The van der Waals surface area contributed by atoms with Gasteiger partial charge in [0, 0.05) is 82.1 Å². The smallest absolute Gasteiger partial charge is 0.212 e. The summed E-state index contributed by atoms with van der Waals surface area (Å²) in [6, 6.07) is 12.5. The van der Waals surface area contributed by atoms with Crippen LogP contribution in [0.2, 0.25) is 0 Å². The summed E-state index contributed by atoms with van der Waals surface area (Å²) in [7, 11) is 1.63. The van der Waals surface area contributed by atoms with E-state index in [0.717, 1.165) is 93.8 Å². The van der Waals surface area contributed by atoms with Crippen molar-refractivity contribution in [2.45, 2.75) is 32.2 Å². The highest BCUT2D eigenvalue weighted by Crippen LogP contribution is 2.40. The van der Waals surface area contributed by atoms with Crippen LogP contribution in [0.4, 0.5) is 5.82 Å². The predicted octanol–water partition coefficient (Wildman–Crippen LogP) is 4.27. The molecular weight excluding hydrogens is 580 g/mol. The molecule has 4 aromatic rings. The van der Waals surface area contributed by atoms with Crippen molar-refractivity contribution in [1.82, 2.24) is 29.4 Å². The average Bonchev–Trinajstić information content (AvgIpc) is 3.53. The highest BCUT2D eigenvalue weighted by Gasteiger charge is 2.35. The first-order chi connectivity index (χ1) is 22.6. The van der Waals surface area contributed by atoms with E-state index in [0.29, 0.717) is 23.5 Å². The van der Waals surface area contributed by atoms with E-state index in [4.69, 9.17) is 19.2 Å². The van der Waals surface area contributed by atoms with E-state index in [-0.39, 0.29) is 0 Å². The van der Waals surface area contributed by atoms with Crippen molar-refractivity contribution in [1.29, 1.82) is 5.26 Å². The Morgan fingerprint density at radius 3 is 2.43 bits per heavy atom. The molecule has 11 nitrogen and oxygen atoms in total. The molecule has 3 fully saturated rings. The number of anilines is 1. The summed E-state index contributed by atoms with van der Waals surface area (Å²) in [5, 5.41) is 14.3. The molecule has 0 atom stereocenters. The van der Waals surface area contributed by atoms with Crippen molar-refractivity contribution in [3.63, 3.8) is 0 Å². The van der Waals surface area contributed by atoms with Gasteiger partial charge in [-0.15, -0.1) is 0 Å². The average molecular weight is 623 g/mol. The van der Waals surface area contributed by atoms with Crippen molar-refractivity contribution < 1.29 is 14.2 Å². The van der Waals surface area contributed by atoms with E-state index < -0.39 is 0 Å². The lowest BCUT2D eigenvalue weighted by molar-refractivity contribution is -0.0219. The molecule has 3 saturated heterocycles. The summed E-state index contributed by atoms with van der Waals surface area (Å²) in [4.78, 5) is 16.5. The molecule has 0 radical (unpaired) electrons. The zero-order chi connectivity index (χ0) is 31.3. The lowest BCUT2D eigenvalue weighted by Crippen LogP contribution is -2.46. The number of piperidine rings is 1. The third-order valence-corrected chi connectivity index (χ3v) is 10.0. The molecule has 3 aliphatic heterocycles. The van der Waals surface area contributed by atoms with Crippen molar-refractivity contribution in [3.8, 4) is 28.8 Å². The molecule has 0 aliphatic carbocycles. The molecule has 7 rings (SSSR count). The minimum Gasteiger partial charge on any atom is -0.491 e. The van der Waals surface area contributed by atoms with Gasteiger partial charge in [-0.05, 0) is 68.0 Å². The zero-order valence-electron chi connectivity index (χ0n) is 26.6. The Morgan fingerprint density at radius 1 is 0.913 bits per heavy atom. The van der Waals surface area contributed by atoms with E-state index >= 15 is 0 Å². The molecule has 0 unspecified atom stereocenters. The fourth-order valence-electron chi connectivity index (χ4n) is 7.08. The summed E-state index contributed by atoms with van der Waals surface area (Å²) in [5.74, 6) is 2.33. The maximum absolute atomic E-state index is 9.81. The first kappa shape index (κ1) is 30.4. The quantitative estimate of drug-likeness (QED) is 0.269. The van der Waals surface area contributed by atoms with Crippen molar-refractivity contribution in [2.75, 3.05) is 77.6 Å². The number of fused-ring (bicyclic) bond motifs is 1. The lowest BCUT2D eigenvalue weighted by atomic mass is 9.72. The first-order valence-corrected chi connectivity index (χ1v) is 16.4. The fraction of sp³-hybridized carbons (Fsp3) is 0.486. The van der Waals surface area contributed by atoms with Crippen LogP contribution in [0, 0.1) is 16.7 Å². The molecule has 0 saturated carbocycles. The van der Waals surface area contributed by atoms with Crippen LogP contribution in [0.1, 0.15) is 36.8 Å². The third kappa shape index (κ3) is 6.65.